The van der Waals surface area contributed by atoms with Crippen LogP contribution in [0.15, 0.2) is 77.7 Å². The maximum atomic E-state index is 13.9. The minimum absolute atomic E-state index is 0.0495. The van der Waals surface area contributed by atoms with Gasteiger partial charge in [0.15, 0.2) is 5.69 Å². The van der Waals surface area contributed by atoms with Gasteiger partial charge in [-0.1, -0.05) is 93.6 Å². The molecule has 1 saturated carbocycles. The number of carbonyl (C=O) groups excluding carboxylic acids is 1. The number of carboxylic acid groups (broad SMARTS) is 1. The quantitative estimate of drug-likeness (QED) is 0.148. The number of halogens is 3. The van der Waals surface area contributed by atoms with Gasteiger partial charge in [0.05, 0.1) is 21.8 Å². The van der Waals surface area contributed by atoms with Crippen LogP contribution in [0.2, 0.25) is 0 Å². The van der Waals surface area contributed by atoms with E-state index >= 15 is 0 Å². The number of nitrogens with one attached hydrogen (secondary N) is 1. The molecule has 12 heteroatoms. The summed E-state index contributed by atoms with van der Waals surface area (Å²) in [5.41, 5.74) is 0.588. The van der Waals surface area contributed by atoms with Crippen molar-refractivity contribution in [3.05, 3.63) is 101 Å². The Kier molecular flexibility index (Phi) is 10.7. The molecule has 1 amide bonds. The summed E-state index contributed by atoms with van der Waals surface area (Å²) < 4.78 is 71.4. The van der Waals surface area contributed by atoms with E-state index in [1.165, 1.54) is 24.3 Å². The monoisotopic (exact) mass is 681 g/mol. The highest BCUT2D eigenvalue weighted by Gasteiger charge is 2.36. The summed E-state index contributed by atoms with van der Waals surface area (Å²) in [6.45, 7) is 1.95. The van der Waals surface area contributed by atoms with Gasteiger partial charge < -0.3 is 5.11 Å². The topological polar surface area (TPSA) is 118 Å². The Bertz CT molecular complexity index is 1880. The van der Waals surface area contributed by atoms with Crippen LogP contribution in [-0.2, 0) is 33.8 Å². The molecule has 1 aromatic heterocycles. The van der Waals surface area contributed by atoms with Crippen molar-refractivity contribution in [2.75, 3.05) is 0 Å². The van der Waals surface area contributed by atoms with E-state index in [0.29, 0.717) is 53.1 Å². The minimum Gasteiger partial charge on any atom is -0.476 e. The SMILES string of the molecule is CCCCc1nn(-c2ccccc2C(F)(F)F)c(C(=O)O)c1Cc1ccc(-c2ccccc2S(=O)(=O)NC(=O)CCC2CCCC2)cc1. The third kappa shape index (κ3) is 7.98. The van der Waals surface area contributed by atoms with Crippen molar-refractivity contribution in [3.63, 3.8) is 0 Å². The van der Waals surface area contributed by atoms with E-state index < -0.39 is 33.6 Å². The predicted octanol–water partition coefficient (Wildman–Crippen LogP) is 7.97. The van der Waals surface area contributed by atoms with Crippen molar-refractivity contribution in [2.45, 2.75) is 82.2 Å². The number of sulfonamides is 1. The molecule has 2 N–H and O–H groups in total. The summed E-state index contributed by atoms with van der Waals surface area (Å²) in [6.07, 6.45) is 2.34. The molecule has 0 aliphatic heterocycles. The number of unbranched alkanes of at least 4 members (excludes halogenated alkanes) is 1. The van der Waals surface area contributed by atoms with E-state index in [-0.39, 0.29) is 29.1 Å². The molecule has 0 radical (unpaired) electrons. The maximum Gasteiger partial charge on any atom is 0.418 e. The smallest absolute Gasteiger partial charge is 0.418 e. The Morgan fingerprint density at radius 2 is 1.65 bits per heavy atom. The van der Waals surface area contributed by atoms with Crippen molar-refractivity contribution in [1.82, 2.24) is 14.5 Å². The first-order valence-corrected chi connectivity index (χ1v) is 17.6. The molecule has 3 aromatic carbocycles. The van der Waals surface area contributed by atoms with Crippen LogP contribution >= 0.6 is 0 Å². The van der Waals surface area contributed by atoms with Gasteiger partial charge in [0.25, 0.3) is 10.0 Å². The fourth-order valence-electron chi connectivity index (χ4n) is 6.35. The molecular weight excluding hydrogens is 643 g/mol. The van der Waals surface area contributed by atoms with Gasteiger partial charge in [0.2, 0.25) is 5.91 Å². The summed E-state index contributed by atoms with van der Waals surface area (Å²) in [5.74, 6) is -1.50. The van der Waals surface area contributed by atoms with Crippen LogP contribution in [0.5, 0.6) is 0 Å². The lowest BCUT2D eigenvalue weighted by Crippen LogP contribution is -2.31. The lowest BCUT2D eigenvalue weighted by atomic mass is 9.97. The highest BCUT2D eigenvalue weighted by atomic mass is 32.2. The lowest BCUT2D eigenvalue weighted by Gasteiger charge is -2.14. The number of nitrogens with zero attached hydrogens (tertiary/aromatic N) is 2. The van der Waals surface area contributed by atoms with Crippen LogP contribution in [-0.4, -0.2) is 35.2 Å². The number of hydrogen-bond acceptors (Lipinski definition) is 5. The fraction of sp³-hybridized carbons (Fsp3) is 0.361. The van der Waals surface area contributed by atoms with E-state index in [2.05, 4.69) is 9.82 Å². The standard InChI is InChI=1S/C36H38F3N3O5S/c1-2-3-14-30-28(34(35(44)45)42(40-30)31-15-8-7-13-29(31)36(37,38)39)23-25-17-20-26(21-18-25)27-12-6-9-16-32(27)48(46,47)41-33(43)22-19-24-10-4-5-11-24/h6-9,12-13,15-18,20-21,24H,2-5,10-11,14,19,22-23H2,1H3,(H,41,43)(H,44,45). The number of rotatable bonds is 13. The number of aryl methyl sites for hydroxylation is 1. The van der Waals surface area contributed by atoms with Gasteiger partial charge in [-0.15, -0.1) is 0 Å². The second-order valence-electron chi connectivity index (χ2n) is 12.2. The zero-order chi connectivity index (χ0) is 34.5. The number of aromatic carboxylic acids is 1. The third-order valence-electron chi connectivity index (χ3n) is 8.80. The Hall–Kier alpha value is -4.45. The van der Waals surface area contributed by atoms with Gasteiger partial charge in [-0.25, -0.2) is 22.6 Å². The highest BCUT2D eigenvalue weighted by molar-refractivity contribution is 7.90. The Morgan fingerprint density at radius 3 is 2.31 bits per heavy atom. The summed E-state index contributed by atoms with van der Waals surface area (Å²) in [5, 5.41) is 14.6. The number of benzene rings is 3. The zero-order valence-corrected chi connectivity index (χ0v) is 27.4. The molecule has 4 aromatic rings. The molecule has 0 saturated heterocycles. The Labute approximate surface area is 278 Å². The van der Waals surface area contributed by atoms with Crippen LogP contribution < -0.4 is 4.72 Å². The van der Waals surface area contributed by atoms with Crippen molar-refractivity contribution in [2.24, 2.45) is 5.92 Å². The van der Waals surface area contributed by atoms with Gasteiger partial charge >= 0.3 is 12.1 Å². The average Bonchev–Trinajstić information content (AvgIpc) is 3.71. The number of aromatic nitrogens is 2. The number of para-hydroxylation sites is 1. The molecule has 8 nitrogen and oxygen atoms in total. The summed E-state index contributed by atoms with van der Waals surface area (Å²) in [4.78, 5) is 25.1. The number of amides is 1. The third-order valence-corrected chi connectivity index (χ3v) is 10.2. The number of alkyl halides is 3. The Morgan fingerprint density at radius 1 is 0.979 bits per heavy atom. The normalized spacial score (nSPS) is 13.9. The summed E-state index contributed by atoms with van der Waals surface area (Å²) in [6, 6.07) is 17.9. The van der Waals surface area contributed by atoms with E-state index in [0.717, 1.165) is 42.9 Å². The summed E-state index contributed by atoms with van der Waals surface area (Å²) in [7, 11) is -4.17. The van der Waals surface area contributed by atoms with Gasteiger partial charge in [0.1, 0.15) is 0 Å². The van der Waals surface area contributed by atoms with E-state index in [9.17, 15) is 36.3 Å². The highest BCUT2D eigenvalue weighted by Crippen LogP contribution is 2.36. The zero-order valence-electron chi connectivity index (χ0n) is 26.6. The van der Waals surface area contributed by atoms with Gasteiger partial charge in [0, 0.05) is 24.0 Å². The molecule has 254 valence electrons. The van der Waals surface area contributed by atoms with Crippen molar-refractivity contribution < 1.29 is 36.3 Å². The fourth-order valence-corrected chi connectivity index (χ4v) is 7.60. The number of carbonyl (C=O) groups is 2. The van der Waals surface area contributed by atoms with Crippen LogP contribution in [0.1, 0.15) is 91.2 Å². The molecule has 5 rings (SSSR count). The molecule has 0 spiro atoms. The van der Waals surface area contributed by atoms with Gasteiger partial charge in [-0.2, -0.15) is 18.3 Å². The van der Waals surface area contributed by atoms with Gasteiger partial charge in [-0.05, 0) is 54.5 Å². The molecular formula is C36H38F3N3O5S. The second kappa shape index (κ2) is 14.8. The van der Waals surface area contributed by atoms with Crippen LogP contribution in [0.25, 0.3) is 16.8 Å². The van der Waals surface area contributed by atoms with Crippen molar-refractivity contribution >= 4 is 21.9 Å². The van der Waals surface area contributed by atoms with Gasteiger partial charge in [-0.3, -0.25) is 4.79 Å². The largest absolute Gasteiger partial charge is 0.476 e. The molecule has 1 aliphatic rings. The van der Waals surface area contributed by atoms with E-state index in [1.54, 1.807) is 42.5 Å². The van der Waals surface area contributed by atoms with Crippen LogP contribution in [0, 0.1) is 5.92 Å². The van der Waals surface area contributed by atoms with Crippen LogP contribution in [0.4, 0.5) is 13.2 Å². The molecule has 0 atom stereocenters. The molecule has 0 bridgehead atoms. The van der Waals surface area contributed by atoms with Crippen molar-refractivity contribution in [3.8, 4) is 16.8 Å². The first kappa shape index (κ1) is 34.9. The average molecular weight is 682 g/mol. The number of hydrogen-bond donors (Lipinski definition) is 2. The minimum atomic E-state index is -4.72. The first-order chi connectivity index (χ1) is 22.9. The van der Waals surface area contributed by atoms with Crippen LogP contribution in [0.3, 0.4) is 0 Å². The number of carboxylic acids is 1. The molecule has 1 heterocycles. The van der Waals surface area contributed by atoms with E-state index in [4.69, 9.17) is 0 Å². The molecule has 1 aliphatic carbocycles. The molecule has 1 fully saturated rings. The first-order valence-electron chi connectivity index (χ1n) is 16.1. The molecule has 48 heavy (non-hydrogen) atoms. The Balaban J connectivity index is 1.44. The van der Waals surface area contributed by atoms with E-state index in [1.807, 2.05) is 6.92 Å². The maximum absolute atomic E-state index is 13.9. The second-order valence-corrected chi connectivity index (χ2v) is 13.8. The lowest BCUT2D eigenvalue weighted by molar-refractivity contribution is -0.137. The molecule has 0 unspecified atom stereocenters. The summed E-state index contributed by atoms with van der Waals surface area (Å²) >= 11 is 0. The van der Waals surface area contributed by atoms with Crippen molar-refractivity contribution in [1.29, 1.82) is 0 Å². The predicted molar refractivity (Wildman–Crippen MR) is 175 cm³/mol.